The van der Waals surface area contributed by atoms with Crippen molar-refractivity contribution in [1.29, 1.82) is 0 Å². The summed E-state index contributed by atoms with van der Waals surface area (Å²) in [7, 11) is 1.37. The number of carbonyl (C=O) groups excluding carboxylic acids is 1. The van der Waals surface area contributed by atoms with E-state index < -0.39 is 0 Å². The van der Waals surface area contributed by atoms with Gasteiger partial charge in [0.15, 0.2) is 0 Å². The highest BCUT2D eigenvalue weighted by Gasteiger charge is 2.06. The van der Waals surface area contributed by atoms with Gasteiger partial charge >= 0.3 is 5.97 Å². The molecule has 5 nitrogen and oxygen atoms in total. The van der Waals surface area contributed by atoms with Crippen molar-refractivity contribution in [1.82, 2.24) is 0 Å². The maximum absolute atomic E-state index is 11.5. The van der Waals surface area contributed by atoms with Crippen LogP contribution in [0.4, 0.5) is 0 Å². The Morgan fingerprint density at radius 1 is 0.735 bits per heavy atom. The Bertz CT molecular complexity index is 1220. The minimum Gasteiger partial charge on any atom is -0.489 e. The van der Waals surface area contributed by atoms with Crippen LogP contribution in [0.2, 0.25) is 0 Å². The van der Waals surface area contributed by atoms with Gasteiger partial charge in [-0.1, -0.05) is 72.8 Å². The smallest absolute Gasteiger partial charge is 0.337 e. The predicted molar refractivity (Wildman–Crippen MR) is 135 cm³/mol. The summed E-state index contributed by atoms with van der Waals surface area (Å²) in [6.45, 7) is 0.399. The summed E-state index contributed by atoms with van der Waals surface area (Å²) >= 11 is 0. The van der Waals surface area contributed by atoms with Gasteiger partial charge in [-0.3, -0.25) is 0 Å². The monoisotopic (exact) mass is 448 g/mol. The maximum atomic E-state index is 11.5. The molecule has 0 N–H and O–H groups in total. The van der Waals surface area contributed by atoms with Gasteiger partial charge in [0.25, 0.3) is 0 Å². The fourth-order valence-electron chi connectivity index (χ4n) is 3.30. The Kier molecular flexibility index (Phi) is 7.59. The predicted octanol–water partition coefficient (Wildman–Crippen LogP) is 5.92. The molecule has 4 aromatic rings. The second kappa shape index (κ2) is 11.4. The SMILES string of the molecule is COC(=O)c1ccc(COc2ccc(C=NN=C(c3ccccc3)c3ccccc3)cc2)cc1. The zero-order valence-electron chi connectivity index (χ0n) is 18.8. The van der Waals surface area contributed by atoms with Crippen molar-refractivity contribution in [2.75, 3.05) is 7.11 Å². The van der Waals surface area contributed by atoms with E-state index in [2.05, 4.69) is 10.2 Å². The molecule has 0 amide bonds. The lowest BCUT2D eigenvalue weighted by Gasteiger charge is -2.07. The van der Waals surface area contributed by atoms with Gasteiger partial charge in [-0.15, -0.1) is 5.10 Å². The fourth-order valence-corrected chi connectivity index (χ4v) is 3.30. The Balaban J connectivity index is 1.41. The zero-order chi connectivity index (χ0) is 23.6. The van der Waals surface area contributed by atoms with Crippen LogP contribution >= 0.6 is 0 Å². The molecular weight excluding hydrogens is 424 g/mol. The maximum Gasteiger partial charge on any atom is 0.337 e. The quantitative estimate of drug-likeness (QED) is 0.191. The van der Waals surface area contributed by atoms with Gasteiger partial charge in [0.2, 0.25) is 0 Å². The molecule has 0 aliphatic rings. The van der Waals surface area contributed by atoms with E-state index in [4.69, 9.17) is 9.47 Å². The van der Waals surface area contributed by atoms with Gasteiger partial charge in [0.1, 0.15) is 18.1 Å². The standard InChI is InChI=1S/C29H24N2O3/c1-33-29(32)26-16-12-23(13-17-26)21-34-27-18-14-22(15-19-27)20-30-31-28(24-8-4-2-5-9-24)25-10-6-3-7-11-25/h2-20H,21H2,1H3. The molecule has 0 radical (unpaired) electrons. The van der Waals surface area contributed by atoms with Crippen molar-refractivity contribution in [3.8, 4) is 5.75 Å². The van der Waals surface area contributed by atoms with E-state index >= 15 is 0 Å². The molecule has 0 bridgehead atoms. The highest BCUT2D eigenvalue weighted by atomic mass is 16.5. The molecule has 168 valence electrons. The lowest BCUT2D eigenvalue weighted by atomic mass is 10.0. The van der Waals surface area contributed by atoms with Crippen LogP contribution < -0.4 is 4.74 Å². The summed E-state index contributed by atoms with van der Waals surface area (Å²) in [5.74, 6) is 0.390. The third-order valence-corrected chi connectivity index (χ3v) is 5.12. The molecule has 4 aromatic carbocycles. The molecular formula is C29H24N2O3. The van der Waals surface area contributed by atoms with E-state index in [0.717, 1.165) is 33.7 Å². The molecule has 0 atom stereocenters. The van der Waals surface area contributed by atoms with Crippen LogP contribution in [0, 0.1) is 0 Å². The number of carbonyl (C=O) groups is 1. The second-order valence-corrected chi connectivity index (χ2v) is 7.47. The van der Waals surface area contributed by atoms with Crippen molar-refractivity contribution < 1.29 is 14.3 Å². The van der Waals surface area contributed by atoms with Crippen LogP contribution in [0.25, 0.3) is 0 Å². The van der Waals surface area contributed by atoms with Gasteiger partial charge in [0.05, 0.1) is 18.9 Å². The van der Waals surface area contributed by atoms with Gasteiger partial charge < -0.3 is 9.47 Å². The molecule has 0 aliphatic carbocycles. The number of nitrogens with zero attached hydrogens (tertiary/aromatic N) is 2. The summed E-state index contributed by atoms with van der Waals surface area (Å²) < 4.78 is 10.6. The molecule has 0 saturated carbocycles. The van der Waals surface area contributed by atoms with Crippen molar-refractivity contribution in [2.24, 2.45) is 10.2 Å². The van der Waals surface area contributed by atoms with E-state index in [1.165, 1.54) is 7.11 Å². The molecule has 0 fully saturated rings. The number of methoxy groups -OCH3 is 1. The third-order valence-electron chi connectivity index (χ3n) is 5.12. The summed E-state index contributed by atoms with van der Waals surface area (Å²) in [4.78, 5) is 11.5. The summed E-state index contributed by atoms with van der Waals surface area (Å²) in [5, 5.41) is 8.84. The number of benzene rings is 4. The first-order valence-electron chi connectivity index (χ1n) is 10.8. The second-order valence-electron chi connectivity index (χ2n) is 7.47. The topological polar surface area (TPSA) is 60.2 Å². The average Bonchev–Trinajstić information content (AvgIpc) is 2.91. The van der Waals surface area contributed by atoms with Crippen LogP contribution in [0.5, 0.6) is 5.75 Å². The first kappa shape index (κ1) is 22.7. The fraction of sp³-hybridized carbons (Fsp3) is 0.0690. The third kappa shape index (κ3) is 6.04. The number of hydrogen-bond donors (Lipinski definition) is 0. The van der Waals surface area contributed by atoms with Gasteiger partial charge in [-0.2, -0.15) is 5.10 Å². The molecule has 0 spiro atoms. The average molecular weight is 449 g/mol. The minimum atomic E-state index is -0.353. The highest BCUT2D eigenvalue weighted by molar-refractivity contribution is 6.12. The Hall–Kier alpha value is -4.51. The van der Waals surface area contributed by atoms with Crippen molar-refractivity contribution in [3.05, 3.63) is 137 Å². The largest absolute Gasteiger partial charge is 0.489 e. The molecule has 0 aromatic heterocycles. The van der Waals surface area contributed by atoms with Crippen molar-refractivity contribution in [3.63, 3.8) is 0 Å². The molecule has 34 heavy (non-hydrogen) atoms. The van der Waals surface area contributed by atoms with Crippen LogP contribution in [0.1, 0.15) is 32.6 Å². The van der Waals surface area contributed by atoms with Crippen molar-refractivity contribution >= 4 is 17.9 Å². The van der Waals surface area contributed by atoms with Gasteiger partial charge in [-0.25, -0.2) is 4.79 Å². The summed E-state index contributed by atoms with van der Waals surface area (Å²) in [5.41, 5.74) is 5.22. The van der Waals surface area contributed by atoms with Crippen LogP contribution in [-0.4, -0.2) is 25.0 Å². The van der Waals surface area contributed by atoms with Gasteiger partial charge in [-0.05, 0) is 47.5 Å². The molecule has 0 saturated heterocycles. The van der Waals surface area contributed by atoms with Crippen LogP contribution in [-0.2, 0) is 11.3 Å². The van der Waals surface area contributed by atoms with Crippen molar-refractivity contribution in [2.45, 2.75) is 6.61 Å². The number of rotatable bonds is 8. The van der Waals surface area contributed by atoms with Crippen LogP contribution in [0.15, 0.2) is 119 Å². The number of hydrogen-bond acceptors (Lipinski definition) is 5. The van der Waals surface area contributed by atoms with E-state index in [1.807, 2.05) is 97.1 Å². The lowest BCUT2D eigenvalue weighted by molar-refractivity contribution is 0.0600. The minimum absolute atomic E-state index is 0.353. The molecule has 0 unspecified atom stereocenters. The highest BCUT2D eigenvalue weighted by Crippen LogP contribution is 2.15. The zero-order valence-corrected chi connectivity index (χ0v) is 18.8. The molecule has 0 aliphatic heterocycles. The van der Waals surface area contributed by atoms with Gasteiger partial charge in [0, 0.05) is 11.1 Å². The molecule has 5 heteroatoms. The number of esters is 1. The summed E-state index contributed by atoms with van der Waals surface area (Å²) in [6.07, 6.45) is 1.72. The first-order valence-corrected chi connectivity index (χ1v) is 10.8. The Morgan fingerprint density at radius 2 is 1.32 bits per heavy atom. The molecule has 4 rings (SSSR count). The van der Waals surface area contributed by atoms with Crippen LogP contribution in [0.3, 0.4) is 0 Å². The van der Waals surface area contributed by atoms with E-state index in [0.29, 0.717) is 12.2 Å². The van der Waals surface area contributed by atoms with E-state index in [9.17, 15) is 4.79 Å². The Morgan fingerprint density at radius 3 is 1.88 bits per heavy atom. The first-order chi connectivity index (χ1) is 16.7. The normalized spacial score (nSPS) is 10.6. The Labute approximate surface area is 199 Å². The number of ether oxygens (including phenoxy) is 2. The molecule has 0 heterocycles. The van der Waals surface area contributed by atoms with E-state index in [1.54, 1.807) is 18.3 Å². The van der Waals surface area contributed by atoms with E-state index in [-0.39, 0.29) is 5.97 Å². The lowest BCUT2D eigenvalue weighted by Crippen LogP contribution is -2.02. The summed E-state index contributed by atoms with van der Waals surface area (Å²) in [6, 6.07) is 34.8.